The lowest BCUT2D eigenvalue weighted by Crippen LogP contribution is -2.47. The Morgan fingerprint density at radius 3 is 2.36 bits per heavy atom. The van der Waals surface area contributed by atoms with Gasteiger partial charge in [-0.05, 0) is 44.4 Å². The van der Waals surface area contributed by atoms with Gasteiger partial charge in [0.25, 0.3) is 0 Å². The van der Waals surface area contributed by atoms with E-state index >= 15 is 0 Å². The zero-order chi connectivity index (χ0) is 16.9. The first-order valence-electron chi connectivity index (χ1n) is 6.56. The van der Waals surface area contributed by atoms with Gasteiger partial charge in [-0.15, -0.1) is 0 Å². The van der Waals surface area contributed by atoms with Crippen LogP contribution in [-0.4, -0.2) is 33.9 Å². The first-order valence-corrected chi connectivity index (χ1v) is 10.6. The van der Waals surface area contributed by atoms with Crippen molar-refractivity contribution in [1.82, 2.24) is 4.72 Å². The van der Waals surface area contributed by atoms with E-state index in [0.717, 1.165) is 0 Å². The predicted molar refractivity (Wildman–Crippen MR) is 87.9 cm³/mol. The van der Waals surface area contributed by atoms with Crippen LogP contribution in [0.4, 0.5) is 0 Å². The average molecular weight is 386 g/mol. The van der Waals surface area contributed by atoms with Gasteiger partial charge in [-0.3, -0.25) is 0 Å². The van der Waals surface area contributed by atoms with Crippen LogP contribution in [-0.2, 0) is 19.9 Å². The van der Waals surface area contributed by atoms with E-state index in [2.05, 4.69) is 4.72 Å². The van der Waals surface area contributed by atoms with Crippen molar-refractivity contribution < 1.29 is 16.8 Å². The molecule has 5 nitrogen and oxygen atoms in total. The van der Waals surface area contributed by atoms with E-state index in [1.54, 1.807) is 26.8 Å². The summed E-state index contributed by atoms with van der Waals surface area (Å²) in [5, 5.41) is 0.394. The van der Waals surface area contributed by atoms with E-state index < -0.39 is 25.4 Å². The molecule has 9 heteroatoms. The van der Waals surface area contributed by atoms with Gasteiger partial charge >= 0.3 is 0 Å². The Morgan fingerprint density at radius 2 is 1.86 bits per heavy atom. The van der Waals surface area contributed by atoms with Crippen molar-refractivity contribution in [3.8, 4) is 0 Å². The second kappa shape index (κ2) is 5.63. The molecule has 0 bridgehead atoms. The van der Waals surface area contributed by atoms with Crippen LogP contribution in [0.1, 0.15) is 24.5 Å². The van der Waals surface area contributed by atoms with Crippen LogP contribution in [0.25, 0.3) is 0 Å². The molecule has 0 unspecified atom stereocenters. The maximum absolute atomic E-state index is 12.7. The van der Waals surface area contributed by atoms with Crippen LogP contribution in [0.5, 0.6) is 0 Å². The highest BCUT2D eigenvalue weighted by Crippen LogP contribution is 2.35. The largest absolute Gasteiger partial charge is 0.242 e. The summed E-state index contributed by atoms with van der Waals surface area (Å²) in [6.45, 7) is 4.81. The van der Waals surface area contributed by atoms with Crippen molar-refractivity contribution >= 4 is 43.1 Å². The van der Waals surface area contributed by atoms with Crippen molar-refractivity contribution in [2.45, 2.75) is 37.6 Å². The number of nitrogens with one attached hydrogen (secondary N) is 1. The molecule has 2 rings (SSSR count). The first kappa shape index (κ1) is 18.0. The van der Waals surface area contributed by atoms with Gasteiger partial charge in [-0.25, -0.2) is 21.6 Å². The van der Waals surface area contributed by atoms with Gasteiger partial charge in [0.1, 0.15) is 4.90 Å². The van der Waals surface area contributed by atoms with Crippen molar-refractivity contribution in [3.63, 3.8) is 0 Å². The molecule has 0 aliphatic carbocycles. The van der Waals surface area contributed by atoms with Gasteiger partial charge in [0, 0.05) is 10.6 Å². The number of benzene rings is 1. The minimum atomic E-state index is -3.99. The molecule has 1 atom stereocenters. The zero-order valence-electron chi connectivity index (χ0n) is 12.4. The fourth-order valence-corrected chi connectivity index (χ4v) is 7.43. The lowest BCUT2D eigenvalue weighted by molar-refractivity contribution is 0.461. The van der Waals surface area contributed by atoms with Crippen LogP contribution in [0.3, 0.4) is 0 Å². The maximum atomic E-state index is 12.7. The van der Waals surface area contributed by atoms with Gasteiger partial charge in [0.15, 0.2) is 9.84 Å². The molecule has 1 aliphatic heterocycles. The van der Waals surface area contributed by atoms with E-state index in [1.807, 2.05) is 0 Å². The Hall–Kier alpha value is -0.340. The number of rotatable bonds is 3. The summed E-state index contributed by atoms with van der Waals surface area (Å²) in [5.41, 5.74) is -0.153. The molecule has 0 amide bonds. The summed E-state index contributed by atoms with van der Waals surface area (Å²) >= 11 is 12.2. The van der Waals surface area contributed by atoms with Crippen LogP contribution >= 0.6 is 23.2 Å². The predicted octanol–water partition coefficient (Wildman–Crippen LogP) is 2.47. The SMILES string of the molecule is Cc1cc(Cl)c(C)c(S(=O)(=O)N[C@@]2(C)CCS(=O)(=O)C2)c1Cl. The highest BCUT2D eigenvalue weighted by atomic mass is 35.5. The molecule has 0 spiro atoms. The fraction of sp³-hybridized carbons (Fsp3) is 0.538. The summed E-state index contributed by atoms with van der Waals surface area (Å²) in [7, 11) is -7.22. The van der Waals surface area contributed by atoms with Crippen LogP contribution in [0, 0.1) is 13.8 Å². The molecule has 1 saturated heterocycles. The molecule has 1 aliphatic rings. The number of halogens is 2. The molecule has 0 aromatic heterocycles. The Bertz CT molecular complexity index is 808. The Kier molecular flexibility index (Phi) is 4.61. The van der Waals surface area contributed by atoms with E-state index in [-0.39, 0.29) is 27.8 Å². The van der Waals surface area contributed by atoms with E-state index in [9.17, 15) is 16.8 Å². The van der Waals surface area contributed by atoms with Crippen molar-refractivity contribution in [2.75, 3.05) is 11.5 Å². The van der Waals surface area contributed by atoms with E-state index in [0.29, 0.717) is 16.1 Å². The monoisotopic (exact) mass is 385 g/mol. The summed E-state index contributed by atoms with van der Waals surface area (Å²) in [6.07, 6.45) is 0.227. The van der Waals surface area contributed by atoms with Gasteiger partial charge < -0.3 is 0 Å². The second-order valence-corrected chi connectivity index (χ2v) is 10.5. The molecular weight excluding hydrogens is 369 g/mol. The third kappa shape index (κ3) is 3.43. The molecule has 1 aromatic carbocycles. The molecule has 1 N–H and O–H groups in total. The number of sulfonamides is 1. The Balaban J connectivity index is 2.49. The summed E-state index contributed by atoms with van der Waals surface area (Å²) in [4.78, 5) is -0.0929. The summed E-state index contributed by atoms with van der Waals surface area (Å²) in [5.74, 6) is -0.261. The highest BCUT2D eigenvalue weighted by Gasteiger charge is 2.42. The number of aryl methyl sites for hydroxylation is 1. The van der Waals surface area contributed by atoms with Gasteiger partial charge in [0.2, 0.25) is 10.0 Å². The lowest BCUT2D eigenvalue weighted by Gasteiger charge is -2.25. The summed E-state index contributed by atoms with van der Waals surface area (Å²) in [6, 6.07) is 1.60. The standard InChI is InChI=1S/C13H17Cl2NO4S2/c1-8-6-10(14)9(2)12(11(8)15)22(19,20)16-13(3)4-5-21(17,18)7-13/h6,16H,4-5,7H2,1-3H3/t13-/m0/s1. The van der Waals surface area contributed by atoms with Crippen molar-refractivity contribution in [3.05, 3.63) is 27.2 Å². The smallest absolute Gasteiger partial charge is 0.229 e. The fourth-order valence-electron chi connectivity index (χ4n) is 2.60. The lowest BCUT2D eigenvalue weighted by atomic mass is 10.0. The Morgan fingerprint density at radius 1 is 1.27 bits per heavy atom. The highest BCUT2D eigenvalue weighted by molar-refractivity contribution is 7.92. The third-order valence-corrected chi connectivity index (χ3v) is 8.44. The molecule has 0 radical (unpaired) electrons. The molecular formula is C13H17Cl2NO4S2. The molecule has 124 valence electrons. The quantitative estimate of drug-likeness (QED) is 0.866. The number of sulfone groups is 1. The number of hydrogen-bond acceptors (Lipinski definition) is 4. The molecule has 22 heavy (non-hydrogen) atoms. The van der Waals surface area contributed by atoms with Crippen LogP contribution in [0.15, 0.2) is 11.0 Å². The molecule has 1 aromatic rings. The Labute approximate surface area is 141 Å². The van der Waals surface area contributed by atoms with Crippen LogP contribution in [0.2, 0.25) is 10.0 Å². The van der Waals surface area contributed by atoms with Gasteiger partial charge in [-0.2, -0.15) is 0 Å². The minimum Gasteiger partial charge on any atom is -0.229 e. The minimum absolute atomic E-state index is 0.0344. The van der Waals surface area contributed by atoms with Crippen molar-refractivity contribution in [2.24, 2.45) is 0 Å². The first-order chi connectivity index (χ1) is 9.87. The maximum Gasteiger partial charge on any atom is 0.242 e. The average Bonchev–Trinajstić information content (AvgIpc) is 2.59. The van der Waals surface area contributed by atoms with Gasteiger partial charge in [-0.1, -0.05) is 23.2 Å². The summed E-state index contributed by atoms with van der Waals surface area (Å²) < 4.78 is 51.1. The van der Waals surface area contributed by atoms with Crippen LogP contribution < -0.4 is 4.72 Å². The molecule has 1 fully saturated rings. The van der Waals surface area contributed by atoms with E-state index in [1.165, 1.54) is 0 Å². The molecule has 0 saturated carbocycles. The van der Waals surface area contributed by atoms with Gasteiger partial charge in [0.05, 0.1) is 16.5 Å². The normalized spacial score (nSPS) is 24.6. The second-order valence-electron chi connectivity index (χ2n) is 5.95. The molecule has 1 heterocycles. The topological polar surface area (TPSA) is 80.3 Å². The van der Waals surface area contributed by atoms with E-state index in [4.69, 9.17) is 23.2 Å². The third-order valence-electron chi connectivity index (χ3n) is 3.74. The zero-order valence-corrected chi connectivity index (χ0v) is 15.5. The van der Waals surface area contributed by atoms with Crippen molar-refractivity contribution in [1.29, 1.82) is 0 Å². The number of hydrogen-bond donors (Lipinski definition) is 1.